The molecule has 298 valence electrons. The third kappa shape index (κ3) is 14.1. The van der Waals surface area contributed by atoms with Gasteiger partial charge in [-0.3, -0.25) is 0 Å². The molecule has 6 aliphatic heterocycles. The lowest BCUT2D eigenvalue weighted by Crippen LogP contribution is -2.46. The van der Waals surface area contributed by atoms with Crippen LogP contribution in [0.5, 0.6) is 23.0 Å². The molecule has 4 bridgehead atoms. The van der Waals surface area contributed by atoms with Crippen LogP contribution in [0.15, 0.2) is 36.4 Å². The summed E-state index contributed by atoms with van der Waals surface area (Å²) >= 11 is 0. The quantitative estimate of drug-likeness (QED) is 0.231. The Morgan fingerprint density at radius 1 is 0.444 bits per heavy atom. The molecule has 0 radical (unpaired) electrons. The Bertz CT molecular complexity index is 1380. The first-order valence-corrected chi connectivity index (χ1v) is 16.8. The van der Waals surface area contributed by atoms with Crippen LogP contribution in [0.1, 0.15) is 48.6 Å². The first-order chi connectivity index (χ1) is 25.5. The molecule has 6 fully saturated rings. The summed E-state index contributed by atoms with van der Waals surface area (Å²) in [6, 6.07) is 12.6. The molecule has 18 nitrogen and oxygen atoms in total. The molecule has 0 aliphatic carbocycles. The molecule has 54 heavy (non-hydrogen) atoms. The lowest BCUT2D eigenvalue weighted by Gasteiger charge is -2.45. The summed E-state index contributed by atoms with van der Waals surface area (Å²) in [5.74, 6) is -4.35. The Hall–Kier alpha value is -5.62. The van der Waals surface area contributed by atoms with Crippen LogP contribution in [0.4, 0.5) is 0 Å². The number of ether oxygens (including phenoxy) is 4. The number of methoxy groups -OCH3 is 4. The largest absolute Gasteiger partial charge is 0.497 e. The van der Waals surface area contributed by atoms with Gasteiger partial charge in [0, 0.05) is 25.2 Å². The van der Waals surface area contributed by atoms with Crippen LogP contribution < -0.4 is 18.9 Å². The first-order valence-electron chi connectivity index (χ1n) is 16.8. The average Bonchev–Trinajstić information content (AvgIpc) is 3.19. The van der Waals surface area contributed by atoms with Crippen molar-refractivity contribution >= 4 is 35.8 Å². The van der Waals surface area contributed by atoms with Crippen LogP contribution in [-0.2, 0) is 28.8 Å². The number of aliphatic carboxylic acids is 6. The minimum atomic E-state index is -1.82. The molecule has 2 aromatic rings. The lowest BCUT2D eigenvalue weighted by molar-refractivity contribution is -0.159. The maximum absolute atomic E-state index is 9.10. The summed E-state index contributed by atoms with van der Waals surface area (Å²) in [6.07, 6.45) is 5.35. The minimum Gasteiger partial charge on any atom is -0.497 e. The molecule has 2 aromatic carbocycles. The van der Waals surface area contributed by atoms with Gasteiger partial charge < -0.3 is 59.4 Å². The van der Waals surface area contributed by atoms with Crippen LogP contribution in [0, 0.1) is 11.8 Å². The maximum Gasteiger partial charge on any atom is 0.414 e. The van der Waals surface area contributed by atoms with Crippen molar-refractivity contribution in [1.29, 1.82) is 0 Å². The maximum atomic E-state index is 9.10. The molecule has 2 unspecified atom stereocenters. The summed E-state index contributed by atoms with van der Waals surface area (Å²) in [5, 5.41) is 44.3. The van der Waals surface area contributed by atoms with Crippen molar-refractivity contribution in [3.05, 3.63) is 47.5 Å². The van der Waals surface area contributed by atoms with E-state index in [2.05, 4.69) is 34.1 Å². The average molecular weight is 765 g/mol. The third-order valence-corrected chi connectivity index (χ3v) is 9.47. The fourth-order valence-electron chi connectivity index (χ4n) is 6.77. The summed E-state index contributed by atoms with van der Waals surface area (Å²) in [7, 11) is 6.87. The van der Waals surface area contributed by atoms with Gasteiger partial charge in [0.2, 0.25) is 0 Å². The van der Waals surface area contributed by atoms with Crippen molar-refractivity contribution in [3.63, 3.8) is 0 Å². The highest BCUT2D eigenvalue weighted by atomic mass is 16.5. The second-order valence-electron chi connectivity index (χ2n) is 12.6. The minimum absolute atomic E-state index is 0.650. The van der Waals surface area contributed by atoms with E-state index in [0.29, 0.717) is 11.8 Å². The summed E-state index contributed by atoms with van der Waals surface area (Å²) in [5.41, 5.74) is 2.75. The smallest absolute Gasteiger partial charge is 0.414 e. The third-order valence-electron chi connectivity index (χ3n) is 9.47. The normalized spacial score (nSPS) is 22.6. The molecule has 0 aromatic heterocycles. The van der Waals surface area contributed by atoms with Crippen LogP contribution in [0.25, 0.3) is 0 Å². The Kier molecular flexibility index (Phi) is 18.0. The topological polar surface area (TPSA) is 267 Å². The van der Waals surface area contributed by atoms with E-state index in [1.165, 1.54) is 76.1 Å². The molecule has 0 spiro atoms. The number of carbonyl (C=O) groups is 6. The van der Waals surface area contributed by atoms with Gasteiger partial charge in [-0.2, -0.15) is 0 Å². The number of piperidine rings is 6. The summed E-state index contributed by atoms with van der Waals surface area (Å²) < 4.78 is 21.5. The van der Waals surface area contributed by atoms with Gasteiger partial charge in [-0.1, -0.05) is 0 Å². The standard InChI is InChI=1S/2C15H21NO2.3C2H2O4/c2*1-17-13-7-12(8-14(9-13)18-2)15-10-16-5-3-11(15)4-6-16;3*3-1(4)2(5)6/h2*7-9,11,15H,3-6,10H2,1-2H3;3*(H,3,4)(H,5,6). The Balaban J connectivity index is 0.000000261. The van der Waals surface area contributed by atoms with Crippen LogP contribution >= 0.6 is 0 Å². The zero-order chi connectivity index (χ0) is 40.5. The van der Waals surface area contributed by atoms with Gasteiger partial charge in [0.1, 0.15) is 23.0 Å². The second-order valence-corrected chi connectivity index (χ2v) is 12.6. The highest BCUT2D eigenvalue weighted by molar-refractivity contribution is 6.28. The highest BCUT2D eigenvalue weighted by Crippen LogP contribution is 2.42. The molecule has 0 amide bonds. The second kappa shape index (κ2) is 21.8. The van der Waals surface area contributed by atoms with Gasteiger partial charge in [0.05, 0.1) is 28.4 Å². The molecule has 8 rings (SSSR count). The molecule has 0 saturated carbocycles. The number of hydrogen-bond donors (Lipinski definition) is 6. The monoisotopic (exact) mass is 764 g/mol. The van der Waals surface area contributed by atoms with E-state index in [0.717, 1.165) is 34.8 Å². The Morgan fingerprint density at radius 3 is 0.815 bits per heavy atom. The van der Waals surface area contributed by atoms with Crippen molar-refractivity contribution in [1.82, 2.24) is 9.80 Å². The molecule has 6 aliphatic rings. The summed E-state index contributed by atoms with van der Waals surface area (Å²) in [6.45, 7) is 7.51. The van der Waals surface area contributed by atoms with Crippen LogP contribution in [0.3, 0.4) is 0 Å². The zero-order valence-electron chi connectivity index (χ0n) is 30.5. The van der Waals surface area contributed by atoms with Gasteiger partial charge in [0.25, 0.3) is 0 Å². The molecular weight excluding hydrogens is 716 g/mol. The lowest BCUT2D eigenvalue weighted by atomic mass is 9.75. The predicted molar refractivity (Wildman–Crippen MR) is 189 cm³/mol. The highest BCUT2D eigenvalue weighted by Gasteiger charge is 2.36. The van der Waals surface area contributed by atoms with Crippen LogP contribution in [0.2, 0.25) is 0 Å². The molecule has 6 heterocycles. The first kappa shape index (κ1) is 44.5. The van der Waals surface area contributed by atoms with Gasteiger partial charge in [0.15, 0.2) is 0 Å². The van der Waals surface area contributed by atoms with E-state index in [1.54, 1.807) is 28.4 Å². The van der Waals surface area contributed by atoms with E-state index in [1.807, 2.05) is 12.1 Å². The Morgan fingerprint density at radius 2 is 0.667 bits per heavy atom. The molecular formula is C36H48N2O16. The molecule has 6 N–H and O–H groups in total. The van der Waals surface area contributed by atoms with Gasteiger partial charge >= 0.3 is 35.8 Å². The number of fused-ring (bicyclic) bond motifs is 6. The predicted octanol–water partition coefficient (Wildman–Crippen LogP) is 2.49. The zero-order valence-corrected chi connectivity index (χ0v) is 30.5. The summed E-state index contributed by atoms with van der Waals surface area (Å²) in [4.78, 5) is 59.8. The van der Waals surface area contributed by atoms with E-state index in [-0.39, 0.29) is 0 Å². The van der Waals surface area contributed by atoms with Crippen molar-refractivity contribution in [3.8, 4) is 23.0 Å². The van der Waals surface area contributed by atoms with Gasteiger partial charge in [-0.05, 0) is 111 Å². The van der Waals surface area contributed by atoms with Crippen molar-refractivity contribution in [2.75, 3.05) is 67.7 Å². The van der Waals surface area contributed by atoms with Crippen LogP contribution in [-0.4, -0.2) is 144 Å². The van der Waals surface area contributed by atoms with E-state index in [9.17, 15) is 0 Å². The van der Waals surface area contributed by atoms with Crippen molar-refractivity contribution in [2.45, 2.75) is 37.5 Å². The fourth-order valence-corrected chi connectivity index (χ4v) is 6.77. The van der Waals surface area contributed by atoms with E-state index >= 15 is 0 Å². The van der Waals surface area contributed by atoms with Crippen molar-refractivity contribution < 1.29 is 78.4 Å². The number of carboxylic acid groups (broad SMARTS) is 6. The molecule has 6 saturated heterocycles. The molecule has 18 heteroatoms. The number of carboxylic acids is 6. The SMILES string of the molecule is COc1cc(OC)cc(C2CN3CCC2CC3)c1.COc1cc(OC)cc(C2CN3CCC2CC3)c1.O=C(O)C(=O)O.O=C(O)C(=O)O.O=C(O)C(=O)O. The molecule has 2 atom stereocenters. The van der Waals surface area contributed by atoms with E-state index < -0.39 is 35.8 Å². The van der Waals surface area contributed by atoms with Crippen molar-refractivity contribution in [2.24, 2.45) is 11.8 Å². The number of nitrogens with zero attached hydrogens (tertiary/aromatic N) is 2. The van der Waals surface area contributed by atoms with Gasteiger partial charge in [-0.25, -0.2) is 28.8 Å². The fraction of sp³-hybridized carbons (Fsp3) is 0.500. The Labute approximate surface area is 311 Å². The number of hydrogen-bond acceptors (Lipinski definition) is 12. The number of rotatable bonds is 6. The number of benzene rings is 2. The van der Waals surface area contributed by atoms with Gasteiger partial charge in [-0.15, -0.1) is 0 Å². The van der Waals surface area contributed by atoms with E-state index in [4.69, 9.17) is 78.4 Å².